The molecule has 0 fully saturated rings. The fourth-order valence-electron chi connectivity index (χ4n) is 1.23. The van der Waals surface area contributed by atoms with Crippen LogP contribution in [0, 0.1) is 0 Å². The Bertz CT molecular complexity index is 448. The molecule has 0 aliphatic rings. The summed E-state index contributed by atoms with van der Waals surface area (Å²) in [6, 6.07) is 3.44. The summed E-state index contributed by atoms with van der Waals surface area (Å²) in [5, 5.41) is 21.2. The Labute approximate surface area is 84.9 Å². The Morgan fingerprint density at radius 3 is 2.85 bits per heavy atom. The SMILES string of the molecule is OCc1csc2cc(S)c(O)cc12. The lowest BCUT2D eigenvalue weighted by atomic mass is 10.2. The number of rotatable bonds is 1. The van der Waals surface area contributed by atoms with Crippen LogP contribution in [0.3, 0.4) is 0 Å². The number of thiol groups is 1. The highest BCUT2D eigenvalue weighted by Crippen LogP contribution is 2.33. The topological polar surface area (TPSA) is 40.5 Å². The third-order valence-electron chi connectivity index (χ3n) is 1.92. The zero-order chi connectivity index (χ0) is 9.42. The summed E-state index contributed by atoms with van der Waals surface area (Å²) in [5.41, 5.74) is 0.851. The molecule has 0 atom stereocenters. The lowest BCUT2D eigenvalue weighted by molar-refractivity contribution is 0.284. The molecule has 68 valence electrons. The molecular formula is C9H8O2S2. The molecule has 0 spiro atoms. The number of phenols is 1. The number of aromatic hydroxyl groups is 1. The molecule has 13 heavy (non-hydrogen) atoms. The van der Waals surface area contributed by atoms with Gasteiger partial charge in [0.2, 0.25) is 0 Å². The minimum absolute atomic E-state index is 0.00532. The Morgan fingerprint density at radius 1 is 1.38 bits per heavy atom. The number of hydrogen-bond donors (Lipinski definition) is 3. The average molecular weight is 212 g/mol. The molecule has 0 aliphatic carbocycles. The molecule has 2 N–H and O–H groups in total. The molecule has 1 aromatic heterocycles. The summed E-state index contributed by atoms with van der Waals surface area (Å²) in [6.45, 7) is 0.00532. The lowest BCUT2D eigenvalue weighted by Crippen LogP contribution is -1.78. The average Bonchev–Trinajstić information content (AvgIpc) is 2.48. The zero-order valence-electron chi connectivity index (χ0n) is 6.69. The lowest BCUT2D eigenvalue weighted by Gasteiger charge is -1.98. The van der Waals surface area contributed by atoms with Crippen molar-refractivity contribution in [3.63, 3.8) is 0 Å². The van der Waals surface area contributed by atoms with Gasteiger partial charge < -0.3 is 10.2 Å². The summed E-state index contributed by atoms with van der Waals surface area (Å²) >= 11 is 5.65. The van der Waals surface area contributed by atoms with E-state index in [4.69, 9.17) is 5.11 Å². The van der Waals surface area contributed by atoms with Crippen molar-refractivity contribution in [2.24, 2.45) is 0 Å². The second kappa shape index (κ2) is 3.21. The van der Waals surface area contributed by atoms with Gasteiger partial charge in [-0.15, -0.1) is 24.0 Å². The van der Waals surface area contributed by atoms with Crippen LogP contribution >= 0.6 is 24.0 Å². The second-order valence-corrected chi connectivity index (χ2v) is 4.15. The highest BCUT2D eigenvalue weighted by Gasteiger charge is 2.06. The second-order valence-electron chi connectivity index (χ2n) is 2.76. The van der Waals surface area contributed by atoms with Gasteiger partial charge in [-0.2, -0.15) is 0 Å². The van der Waals surface area contributed by atoms with E-state index in [0.717, 1.165) is 15.6 Å². The highest BCUT2D eigenvalue weighted by atomic mass is 32.1. The van der Waals surface area contributed by atoms with Crippen molar-refractivity contribution < 1.29 is 10.2 Å². The van der Waals surface area contributed by atoms with Gasteiger partial charge in [0.25, 0.3) is 0 Å². The molecule has 2 aromatic rings. The fraction of sp³-hybridized carbons (Fsp3) is 0.111. The first-order valence-electron chi connectivity index (χ1n) is 3.75. The molecule has 0 saturated carbocycles. The molecule has 0 radical (unpaired) electrons. The quantitative estimate of drug-likeness (QED) is 0.635. The summed E-state index contributed by atoms with van der Waals surface area (Å²) in [6.07, 6.45) is 0. The third-order valence-corrected chi connectivity index (χ3v) is 3.27. The van der Waals surface area contributed by atoms with Crippen molar-refractivity contribution in [2.75, 3.05) is 0 Å². The number of benzene rings is 1. The van der Waals surface area contributed by atoms with Crippen LogP contribution in [0.15, 0.2) is 22.4 Å². The molecule has 0 saturated heterocycles. The molecule has 2 rings (SSSR count). The van der Waals surface area contributed by atoms with E-state index in [0.29, 0.717) is 4.90 Å². The van der Waals surface area contributed by atoms with Crippen molar-refractivity contribution in [1.29, 1.82) is 0 Å². The van der Waals surface area contributed by atoms with E-state index < -0.39 is 0 Å². The number of thiophene rings is 1. The van der Waals surface area contributed by atoms with Crippen LogP contribution in [0.5, 0.6) is 5.75 Å². The normalized spacial score (nSPS) is 10.9. The zero-order valence-corrected chi connectivity index (χ0v) is 8.40. The van der Waals surface area contributed by atoms with Crippen LogP contribution in [0.4, 0.5) is 0 Å². The molecule has 0 bridgehead atoms. The number of aliphatic hydroxyl groups is 1. The maximum absolute atomic E-state index is 9.40. The predicted molar refractivity (Wildman–Crippen MR) is 56.7 cm³/mol. The van der Waals surface area contributed by atoms with E-state index in [2.05, 4.69) is 12.6 Å². The van der Waals surface area contributed by atoms with Gasteiger partial charge in [-0.25, -0.2) is 0 Å². The highest BCUT2D eigenvalue weighted by molar-refractivity contribution is 7.80. The van der Waals surface area contributed by atoms with Crippen LogP contribution in [-0.2, 0) is 6.61 Å². The van der Waals surface area contributed by atoms with Gasteiger partial charge in [-0.3, -0.25) is 0 Å². The third kappa shape index (κ3) is 1.41. The van der Waals surface area contributed by atoms with Crippen molar-refractivity contribution >= 4 is 34.1 Å². The first kappa shape index (κ1) is 8.87. The Kier molecular flexibility index (Phi) is 2.19. The van der Waals surface area contributed by atoms with Crippen molar-refractivity contribution in [3.05, 3.63) is 23.1 Å². The smallest absolute Gasteiger partial charge is 0.129 e. The Balaban J connectivity index is 2.77. The molecule has 2 nitrogen and oxygen atoms in total. The Hall–Kier alpha value is -0.710. The predicted octanol–water partition coefficient (Wildman–Crippen LogP) is 2.39. The van der Waals surface area contributed by atoms with E-state index >= 15 is 0 Å². The molecule has 0 unspecified atom stereocenters. The van der Waals surface area contributed by atoms with E-state index in [1.807, 2.05) is 5.38 Å². The van der Waals surface area contributed by atoms with Crippen LogP contribution in [0.25, 0.3) is 10.1 Å². The summed E-state index contributed by atoms with van der Waals surface area (Å²) < 4.78 is 1.03. The fourth-order valence-corrected chi connectivity index (χ4v) is 2.48. The van der Waals surface area contributed by atoms with Gasteiger partial charge in [-0.05, 0) is 23.1 Å². The van der Waals surface area contributed by atoms with Crippen LogP contribution in [-0.4, -0.2) is 10.2 Å². The van der Waals surface area contributed by atoms with Gasteiger partial charge in [0.05, 0.1) is 6.61 Å². The maximum atomic E-state index is 9.40. The minimum atomic E-state index is 0.00532. The molecule has 4 heteroatoms. The number of fused-ring (bicyclic) bond motifs is 1. The van der Waals surface area contributed by atoms with Crippen LogP contribution in [0.1, 0.15) is 5.56 Å². The number of hydrogen-bond acceptors (Lipinski definition) is 4. The van der Waals surface area contributed by atoms with Crippen molar-refractivity contribution in [3.8, 4) is 5.75 Å². The largest absolute Gasteiger partial charge is 0.507 e. The maximum Gasteiger partial charge on any atom is 0.129 e. The Morgan fingerprint density at radius 2 is 2.15 bits per heavy atom. The molecular weight excluding hydrogens is 204 g/mol. The first-order chi connectivity index (χ1) is 6.22. The van der Waals surface area contributed by atoms with E-state index in [1.54, 1.807) is 23.5 Å². The van der Waals surface area contributed by atoms with Gasteiger partial charge in [0, 0.05) is 15.0 Å². The van der Waals surface area contributed by atoms with Crippen LogP contribution in [0.2, 0.25) is 0 Å². The van der Waals surface area contributed by atoms with Gasteiger partial charge >= 0.3 is 0 Å². The standard InChI is InChI=1S/C9H8O2S2/c10-3-5-4-13-9-2-8(12)7(11)1-6(5)9/h1-2,4,10-12H,3H2. The van der Waals surface area contributed by atoms with Crippen molar-refractivity contribution in [1.82, 2.24) is 0 Å². The van der Waals surface area contributed by atoms with E-state index in [9.17, 15) is 5.11 Å². The summed E-state index contributed by atoms with van der Waals surface area (Å²) in [5.74, 6) is 0.156. The van der Waals surface area contributed by atoms with E-state index in [1.165, 1.54) is 0 Å². The minimum Gasteiger partial charge on any atom is -0.507 e. The molecule has 0 amide bonds. The number of phenolic OH excluding ortho intramolecular Hbond substituents is 1. The molecule has 1 aromatic carbocycles. The van der Waals surface area contributed by atoms with Gasteiger partial charge in [-0.1, -0.05) is 0 Å². The molecule has 0 aliphatic heterocycles. The van der Waals surface area contributed by atoms with E-state index in [-0.39, 0.29) is 12.4 Å². The number of aliphatic hydroxyl groups excluding tert-OH is 1. The summed E-state index contributed by atoms with van der Waals surface area (Å²) in [4.78, 5) is 0.568. The first-order valence-corrected chi connectivity index (χ1v) is 5.08. The van der Waals surface area contributed by atoms with Crippen molar-refractivity contribution in [2.45, 2.75) is 11.5 Å². The molecule has 1 heterocycles. The summed E-state index contributed by atoms with van der Waals surface area (Å²) in [7, 11) is 0. The van der Waals surface area contributed by atoms with Gasteiger partial charge in [0.15, 0.2) is 0 Å². The van der Waals surface area contributed by atoms with Crippen LogP contribution < -0.4 is 0 Å². The van der Waals surface area contributed by atoms with Gasteiger partial charge in [0.1, 0.15) is 5.75 Å². The monoisotopic (exact) mass is 212 g/mol.